The number of rotatable bonds is 10. The second-order valence-corrected chi connectivity index (χ2v) is 10.8. The average molecular weight is 549 g/mol. The number of hydrogen-bond acceptors (Lipinski definition) is 10. The van der Waals surface area contributed by atoms with Crippen LogP contribution >= 0.6 is 7.75 Å². The van der Waals surface area contributed by atoms with Gasteiger partial charge in [-0.25, -0.2) is 9.36 Å². The zero-order valence-electron chi connectivity index (χ0n) is 20.9. The van der Waals surface area contributed by atoms with Gasteiger partial charge in [-0.1, -0.05) is 24.1 Å². The van der Waals surface area contributed by atoms with Crippen molar-refractivity contribution in [3.8, 4) is 18.1 Å². The molecule has 0 spiro atoms. The van der Waals surface area contributed by atoms with E-state index in [0.717, 1.165) is 10.6 Å². The number of benzene rings is 1. The number of aromatic amines is 1. The summed E-state index contributed by atoms with van der Waals surface area (Å²) in [7, 11) is -4.28. The summed E-state index contributed by atoms with van der Waals surface area (Å²) in [4.78, 5) is 38.6. The van der Waals surface area contributed by atoms with Crippen molar-refractivity contribution < 1.29 is 37.7 Å². The fourth-order valence-electron chi connectivity index (χ4n) is 4.24. The smallest absolute Gasteiger partial charge is 0.459 e. The number of esters is 1. The maximum Gasteiger partial charge on any atom is 0.459 e. The Morgan fingerprint density at radius 3 is 2.61 bits per heavy atom. The van der Waals surface area contributed by atoms with E-state index in [1.165, 1.54) is 25.3 Å². The molecule has 38 heavy (non-hydrogen) atoms. The van der Waals surface area contributed by atoms with Crippen LogP contribution in [-0.4, -0.2) is 63.8 Å². The van der Waals surface area contributed by atoms with Crippen molar-refractivity contribution in [2.75, 3.05) is 13.2 Å². The standard InChI is InChI=1S/C24H28N3O10P/c1-5-23-20(29)18(36-24(23,14-33-23)27-12-11-19(28)25-22(27)31)13-34-38(32,37-17-9-7-6-8-10-17)26-16(4)21(30)35-15(2)3/h1,6-12,15-16,18,20,29H,13-14H2,2-4H3,(H,26,32)(H,25,28,31)/t16-,18+,20?,23-,24+,38-/m0/s1. The molecule has 0 saturated carbocycles. The minimum absolute atomic E-state index is 0.181. The van der Waals surface area contributed by atoms with Crippen LogP contribution in [0.5, 0.6) is 5.75 Å². The highest BCUT2D eigenvalue weighted by Gasteiger charge is 2.75. The first kappa shape index (κ1) is 27.8. The van der Waals surface area contributed by atoms with Gasteiger partial charge in [-0.3, -0.25) is 23.7 Å². The molecule has 2 aliphatic heterocycles. The molecule has 1 aromatic carbocycles. The molecule has 2 aliphatic rings. The molecular formula is C24H28N3O10P. The first-order chi connectivity index (χ1) is 17.9. The molecule has 204 valence electrons. The van der Waals surface area contributed by atoms with Gasteiger partial charge in [0.25, 0.3) is 5.56 Å². The molecule has 2 saturated heterocycles. The molecule has 3 heterocycles. The van der Waals surface area contributed by atoms with Crippen molar-refractivity contribution >= 4 is 13.7 Å². The van der Waals surface area contributed by atoms with E-state index in [9.17, 15) is 24.1 Å². The van der Waals surface area contributed by atoms with Gasteiger partial charge in [-0.05, 0) is 32.9 Å². The lowest BCUT2D eigenvalue weighted by Gasteiger charge is -2.50. The molecule has 6 atom stereocenters. The zero-order valence-corrected chi connectivity index (χ0v) is 21.8. The molecule has 4 rings (SSSR count). The zero-order chi connectivity index (χ0) is 27.7. The highest BCUT2D eigenvalue weighted by Crippen LogP contribution is 2.54. The van der Waals surface area contributed by atoms with Crippen LogP contribution in [0.2, 0.25) is 0 Å². The summed E-state index contributed by atoms with van der Waals surface area (Å²) in [5.74, 6) is 1.85. The van der Waals surface area contributed by atoms with Gasteiger partial charge in [0.2, 0.25) is 11.3 Å². The molecule has 0 radical (unpaired) electrons. The maximum absolute atomic E-state index is 13.7. The number of nitrogens with one attached hydrogen (secondary N) is 2. The van der Waals surface area contributed by atoms with Crippen LogP contribution in [0.1, 0.15) is 20.8 Å². The Labute approximate surface area is 217 Å². The van der Waals surface area contributed by atoms with Crippen molar-refractivity contribution in [2.45, 2.75) is 56.5 Å². The Morgan fingerprint density at radius 2 is 2.03 bits per heavy atom. The predicted octanol–water partition coefficient (Wildman–Crippen LogP) is 0.485. The number of aliphatic hydroxyl groups excluding tert-OH is 1. The molecule has 13 nitrogen and oxygen atoms in total. The van der Waals surface area contributed by atoms with Crippen molar-refractivity contribution in [2.24, 2.45) is 0 Å². The Bertz CT molecular complexity index is 1390. The molecule has 2 fully saturated rings. The number of H-pyrrole nitrogens is 1. The van der Waals surface area contributed by atoms with Crippen LogP contribution in [0, 0.1) is 12.3 Å². The van der Waals surface area contributed by atoms with Crippen molar-refractivity contribution in [3.63, 3.8) is 0 Å². The SMILES string of the molecule is C#C[C@@]12OC[C@@]1(n1ccc(=O)[nH]c1=O)O[C@H](CO[P@@](=O)(N[C@@H](C)C(=O)OC(C)C)Oc1ccccc1)C2O. The van der Waals surface area contributed by atoms with Gasteiger partial charge < -0.3 is 23.8 Å². The van der Waals surface area contributed by atoms with E-state index in [0.29, 0.717) is 0 Å². The van der Waals surface area contributed by atoms with Crippen LogP contribution in [0.15, 0.2) is 52.2 Å². The predicted molar refractivity (Wildman–Crippen MR) is 132 cm³/mol. The summed E-state index contributed by atoms with van der Waals surface area (Å²) in [6.45, 7) is 4.00. The van der Waals surface area contributed by atoms with Crippen LogP contribution in [0.25, 0.3) is 0 Å². The third kappa shape index (κ3) is 4.94. The largest absolute Gasteiger partial charge is 0.462 e. The van der Waals surface area contributed by atoms with E-state index in [2.05, 4.69) is 16.0 Å². The van der Waals surface area contributed by atoms with E-state index in [-0.39, 0.29) is 12.4 Å². The summed E-state index contributed by atoms with van der Waals surface area (Å²) in [6.07, 6.45) is 3.69. The van der Waals surface area contributed by atoms with Gasteiger partial charge in [0.05, 0.1) is 12.7 Å². The molecule has 0 aliphatic carbocycles. The van der Waals surface area contributed by atoms with Crippen LogP contribution in [0.4, 0.5) is 0 Å². The fraction of sp³-hybridized carbons (Fsp3) is 0.458. The normalized spacial score (nSPS) is 28.4. The number of para-hydroxylation sites is 1. The molecule has 1 aromatic heterocycles. The number of carbonyl (C=O) groups excluding carboxylic acids is 1. The van der Waals surface area contributed by atoms with Crippen LogP contribution in [-0.2, 0) is 33.8 Å². The minimum Gasteiger partial charge on any atom is -0.462 e. The number of hydrogen-bond donors (Lipinski definition) is 3. The maximum atomic E-state index is 13.7. The van der Waals surface area contributed by atoms with Gasteiger partial charge >= 0.3 is 19.4 Å². The van der Waals surface area contributed by atoms with Crippen molar-refractivity contribution in [1.82, 2.24) is 14.6 Å². The summed E-state index contributed by atoms with van der Waals surface area (Å²) < 4.78 is 42.7. The molecule has 0 bridgehead atoms. The lowest BCUT2D eigenvalue weighted by molar-refractivity contribution is -0.312. The summed E-state index contributed by atoms with van der Waals surface area (Å²) >= 11 is 0. The topological polar surface area (TPSA) is 167 Å². The molecule has 0 amide bonds. The Morgan fingerprint density at radius 1 is 1.32 bits per heavy atom. The van der Waals surface area contributed by atoms with E-state index in [1.807, 2.05) is 0 Å². The number of aromatic nitrogens is 2. The average Bonchev–Trinajstić information content (AvgIpc) is 3.00. The van der Waals surface area contributed by atoms with E-state index in [1.54, 1.807) is 32.0 Å². The second-order valence-electron chi connectivity index (χ2n) is 9.07. The summed E-state index contributed by atoms with van der Waals surface area (Å²) in [5.41, 5.74) is -4.92. The third-order valence-corrected chi connectivity index (χ3v) is 7.70. The molecule has 1 unspecified atom stereocenters. The first-order valence-corrected chi connectivity index (χ1v) is 13.3. The molecular weight excluding hydrogens is 521 g/mol. The number of carbonyl (C=O) groups is 1. The van der Waals surface area contributed by atoms with E-state index >= 15 is 0 Å². The third-order valence-electron chi connectivity index (χ3n) is 6.05. The van der Waals surface area contributed by atoms with E-state index in [4.69, 9.17) is 29.7 Å². The second kappa shape index (κ2) is 10.5. The van der Waals surface area contributed by atoms with Crippen molar-refractivity contribution in [3.05, 3.63) is 63.4 Å². The Hall–Kier alpha value is -3.24. The van der Waals surface area contributed by atoms with Gasteiger partial charge in [0, 0.05) is 12.3 Å². The number of ether oxygens (including phenoxy) is 3. The lowest BCUT2D eigenvalue weighted by Crippen LogP contribution is -2.71. The lowest BCUT2D eigenvalue weighted by atomic mass is 9.81. The first-order valence-electron chi connectivity index (χ1n) is 11.7. The highest BCUT2D eigenvalue weighted by atomic mass is 31.2. The van der Waals surface area contributed by atoms with Crippen LogP contribution in [0.3, 0.4) is 0 Å². The highest BCUT2D eigenvalue weighted by molar-refractivity contribution is 7.52. The van der Waals surface area contributed by atoms with Gasteiger partial charge in [-0.2, -0.15) is 5.09 Å². The summed E-state index contributed by atoms with van der Waals surface area (Å²) in [5, 5.41) is 13.6. The summed E-state index contributed by atoms with van der Waals surface area (Å²) in [6, 6.07) is 8.10. The molecule has 3 N–H and O–H groups in total. The molecule has 2 aromatic rings. The fourth-order valence-corrected chi connectivity index (χ4v) is 5.75. The van der Waals surface area contributed by atoms with Gasteiger partial charge in [-0.15, -0.1) is 6.42 Å². The minimum atomic E-state index is -4.28. The van der Waals surface area contributed by atoms with Gasteiger partial charge in [0.1, 0.15) is 30.6 Å². The number of terminal acetylenes is 1. The molecule has 14 heteroatoms. The Kier molecular flexibility index (Phi) is 7.67. The van der Waals surface area contributed by atoms with Crippen LogP contribution < -0.4 is 20.9 Å². The monoisotopic (exact) mass is 549 g/mol. The quantitative estimate of drug-likeness (QED) is 0.214. The van der Waals surface area contributed by atoms with Crippen molar-refractivity contribution in [1.29, 1.82) is 0 Å². The van der Waals surface area contributed by atoms with Gasteiger partial charge in [0.15, 0.2) is 0 Å². The Balaban J connectivity index is 1.58. The number of fused-ring (bicyclic) bond motifs is 1. The number of aliphatic hydroxyl groups is 1. The number of nitrogens with zero attached hydrogens (tertiary/aromatic N) is 1. The van der Waals surface area contributed by atoms with E-state index < -0.39 is 67.3 Å².